The van der Waals surface area contributed by atoms with Crippen LogP contribution in [-0.4, -0.2) is 14.1 Å². The van der Waals surface area contributed by atoms with Crippen LogP contribution in [-0.2, 0) is 0 Å². The molecule has 0 fully saturated rings. The van der Waals surface area contributed by atoms with E-state index in [-0.39, 0.29) is 0 Å². The van der Waals surface area contributed by atoms with Gasteiger partial charge in [0.15, 0.2) is 0 Å². The second-order valence-corrected chi connectivity index (χ2v) is 2.71. The lowest BCUT2D eigenvalue weighted by molar-refractivity contribution is 1.13. The van der Waals surface area contributed by atoms with Gasteiger partial charge in [0.25, 0.3) is 0 Å². The van der Waals surface area contributed by atoms with Crippen molar-refractivity contribution in [1.82, 2.24) is 0 Å². The van der Waals surface area contributed by atoms with Crippen molar-refractivity contribution < 1.29 is 0 Å². The van der Waals surface area contributed by atoms with Gasteiger partial charge in [0, 0.05) is 19.8 Å². The summed E-state index contributed by atoms with van der Waals surface area (Å²) in [6.07, 6.45) is 0. The number of rotatable bonds is 1. The number of hydrogen-bond acceptors (Lipinski definition) is 3. The lowest BCUT2D eigenvalue weighted by Crippen LogP contribution is -2.11. The minimum atomic E-state index is 0.739. The molecule has 0 saturated heterocycles. The zero-order valence-electron chi connectivity index (χ0n) is 6.83. The molecule has 0 aliphatic rings. The molecule has 1 aromatic rings. The Labute approximate surface area is 66.6 Å². The van der Waals surface area contributed by atoms with Crippen LogP contribution in [0.25, 0.3) is 0 Å². The molecule has 0 aliphatic heterocycles. The molecule has 11 heavy (non-hydrogen) atoms. The zero-order chi connectivity index (χ0) is 8.43. The van der Waals surface area contributed by atoms with Gasteiger partial charge < -0.3 is 16.4 Å². The van der Waals surface area contributed by atoms with Gasteiger partial charge >= 0.3 is 0 Å². The van der Waals surface area contributed by atoms with Gasteiger partial charge in [-0.2, -0.15) is 0 Å². The molecule has 0 heterocycles. The van der Waals surface area contributed by atoms with Crippen LogP contribution in [0.3, 0.4) is 0 Å². The molecule has 1 rings (SSSR count). The fourth-order valence-corrected chi connectivity index (χ4v) is 0.948. The molecule has 0 unspecified atom stereocenters. The maximum atomic E-state index is 5.69. The maximum Gasteiger partial charge on any atom is 0.0615 e. The van der Waals surface area contributed by atoms with Gasteiger partial charge in [-0.15, -0.1) is 0 Å². The van der Waals surface area contributed by atoms with Crippen molar-refractivity contribution in [3.8, 4) is 0 Å². The van der Waals surface area contributed by atoms with Crippen LogP contribution in [0, 0.1) is 0 Å². The van der Waals surface area contributed by atoms with Crippen molar-refractivity contribution >= 4 is 17.1 Å². The van der Waals surface area contributed by atoms with Gasteiger partial charge in [0.2, 0.25) is 0 Å². The van der Waals surface area contributed by atoms with Crippen molar-refractivity contribution in [2.24, 2.45) is 0 Å². The number of benzene rings is 1. The molecule has 0 radical (unpaired) electrons. The normalized spacial score (nSPS) is 9.64. The first kappa shape index (κ1) is 7.72. The highest BCUT2D eigenvalue weighted by Gasteiger charge is 1.99. The fraction of sp³-hybridized carbons (Fsp3) is 0.250. The van der Waals surface area contributed by atoms with Crippen molar-refractivity contribution in [3.63, 3.8) is 0 Å². The van der Waals surface area contributed by atoms with Gasteiger partial charge in [-0.05, 0) is 18.2 Å². The second-order valence-electron chi connectivity index (χ2n) is 2.71. The largest absolute Gasteiger partial charge is 0.399 e. The Kier molecular flexibility index (Phi) is 1.89. The first-order valence-electron chi connectivity index (χ1n) is 3.43. The minimum absolute atomic E-state index is 0.739. The molecule has 0 saturated carbocycles. The summed E-state index contributed by atoms with van der Waals surface area (Å²) in [5, 5.41) is 0. The average molecular weight is 151 g/mol. The molecular formula is C8H13N3. The minimum Gasteiger partial charge on any atom is -0.399 e. The van der Waals surface area contributed by atoms with E-state index in [1.807, 2.05) is 31.1 Å². The Morgan fingerprint density at radius 3 is 2.27 bits per heavy atom. The highest BCUT2D eigenvalue weighted by atomic mass is 15.1. The van der Waals surface area contributed by atoms with E-state index in [0.29, 0.717) is 0 Å². The topological polar surface area (TPSA) is 55.3 Å². The zero-order valence-corrected chi connectivity index (χ0v) is 6.83. The van der Waals surface area contributed by atoms with Crippen LogP contribution in [0.15, 0.2) is 18.2 Å². The molecule has 1 aromatic carbocycles. The van der Waals surface area contributed by atoms with E-state index in [4.69, 9.17) is 11.5 Å². The van der Waals surface area contributed by atoms with Gasteiger partial charge in [0.05, 0.1) is 11.4 Å². The number of nitrogen functional groups attached to an aromatic ring is 2. The Morgan fingerprint density at radius 1 is 1.18 bits per heavy atom. The molecule has 0 aliphatic carbocycles. The SMILES string of the molecule is CN(C)c1cc(N)ccc1N. The van der Waals surface area contributed by atoms with E-state index in [0.717, 1.165) is 17.1 Å². The van der Waals surface area contributed by atoms with Crippen molar-refractivity contribution in [3.05, 3.63) is 18.2 Å². The third-order valence-electron chi connectivity index (χ3n) is 1.54. The molecular weight excluding hydrogens is 138 g/mol. The molecule has 0 amide bonds. The van der Waals surface area contributed by atoms with Gasteiger partial charge in [-0.25, -0.2) is 0 Å². The first-order valence-corrected chi connectivity index (χ1v) is 3.43. The second kappa shape index (κ2) is 2.70. The number of nitrogens with two attached hydrogens (primary N) is 2. The summed E-state index contributed by atoms with van der Waals surface area (Å²) in [5.74, 6) is 0. The van der Waals surface area contributed by atoms with Crippen LogP contribution in [0.5, 0.6) is 0 Å². The molecule has 0 atom stereocenters. The molecule has 0 bridgehead atoms. The predicted octanol–water partition coefficient (Wildman–Crippen LogP) is 0.917. The Hall–Kier alpha value is -1.38. The summed E-state index contributed by atoms with van der Waals surface area (Å²) < 4.78 is 0. The van der Waals surface area contributed by atoms with Gasteiger partial charge in [-0.3, -0.25) is 0 Å². The predicted molar refractivity (Wildman–Crippen MR) is 49.6 cm³/mol. The summed E-state index contributed by atoms with van der Waals surface area (Å²) in [6.45, 7) is 0. The fourth-order valence-electron chi connectivity index (χ4n) is 0.948. The summed E-state index contributed by atoms with van der Waals surface area (Å²) in [4.78, 5) is 1.94. The van der Waals surface area contributed by atoms with Crippen molar-refractivity contribution in [1.29, 1.82) is 0 Å². The van der Waals surface area contributed by atoms with Gasteiger partial charge in [0.1, 0.15) is 0 Å². The van der Waals surface area contributed by atoms with Crippen LogP contribution < -0.4 is 16.4 Å². The third kappa shape index (κ3) is 1.55. The van der Waals surface area contributed by atoms with E-state index in [1.165, 1.54) is 0 Å². The Balaban J connectivity index is 3.13. The highest BCUT2D eigenvalue weighted by molar-refractivity contribution is 5.71. The summed E-state index contributed by atoms with van der Waals surface area (Å²) in [5.41, 5.74) is 13.7. The standard InChI is InChI=1S/C8H13N3/c1-11(2)8-5-6(9)3-4-7(8)10/h3-5H,9-10H2,1-2H3. The van der Waals surface area contributed by atoms with Crippen LogP contribution >= 0.6 is 0 Å². The molecule has 0 spiro atoms. The average Bonchev–Trinajstić information content (AvgIpc) is 1.94. The highest BCUT2D eigenvalue weighted by Crippen LogP contribution is 2.23. The summed E-state index contributed by atoms with van der Waals surface area (Å²) in [6, 6.07) is 5.46. The maximum absolute atomic E-state index is 5.69. The van der Waals surface area contributed by atoms with Crippen LogP contribution in [0.2, 0.25) is 0 Å². The number of hydrogen-bond donors (Lipinski definition) is 2. The van der Waals surface area contributed by atoms with Gasteiger partial charge in [-0.1, -0.05) is 0 Å². The monoisotopic (exact) mass is 151 g/mol. The van der Waals surface area contributed by atoms with Crippen molar-refractivity contribution in [2.75, 3.05) is 30.5 Å². The summed E-state index contributed by atoms with van der Waals surface area (Å²) >= 11 is 0. The third-order valence-corrected chi connectivity index (χ3v) is 1.54. The molecule has 60 valence electrons. The quantitative estimate of drug-likeness (QED) is 0.587. The molecule has 4 N–H and O–H groups in total. The summed E-state index contributed by atoms with van der Waals surface area (Å²) in [7, 11) is 3.87. The Morgan fingerprint density at radius 2 is 1.82 bits per heavy atom. The van der Waals surface area contributed by atoms with Crippen molar-refractivity contribution in [2.45, 2.75) is 0 Å². The number of nitrogens with zero attached hydrogens (tertiary/aromatic N) is 1. The van der Waals surface area contributed by atoms with E-state index in [9.17, 15) is 0 Å². The van der Waals surface area contributed by atoms with E-state index < -0.39 is 0 Å². The molecule has 3 nitrogen and oxygen atoms in total. The lowest BCUT2D eigenvalue weighted by atomic mass is 10.2. The molecule has 0 aromatic heterocycles. The van der Waals surface area contributed by atoms with Crippen LogP contribution in [0.4, 0.5) is 17.1 Å². The Bertz CT molecular complexity index is 256. The van der Waals surface area contributed by atoms with E-state index in [1.54, 1.807) is 6.07 Å². The molecule has 3 heteroatoms. The lowest BCUT2D eigenvalue weighted by Gasteiger charge is -2.15. The number of anilines is 3. The van der Waals surface area contributed by atoms with E-state index in [2.05, 4.69) is 0 Å². The smallest absolute Gasteiger partial charge is 0.0615 e. The van der Waals surface area contributed by atoms with E-state index >= 15 is 0 Å². The first-order chi connectivity index (χ1) is 5.11. The van der Waals surface area contributed by atoms with Crippen LogP contribution in [0.1, 0.15) is 0 Å².